The summed E-state index contributed by atoms with van der Waals surface area (Å²) < 4.78 is 39.8. The van der Waals surface area contributed by atoms with Crippen LogP contribution in [0.3, 0.4) is 0 Å². The Kier molecular flexibility index (Phi) is 15.0. The van der Waals surface area contributed by atoms with Gasteiger partial charge in [0.05, 0.1) is 0 Å². The van der Waals surface area contributed by atoms with Gasteiger partial charge in [0.2, 0.25) is 0 Å². The monoisotopic (exact) mass is 1130 g/mol. The summed E-state index contributed by atoms with van der Waals surface area (Å²) in [4.78, 5) is 42.4. The van der Waals surface area contributed by atoms with Crippen molar-refractivity contribution in [2.75, 3.05) is 0 Å². The van der Waals surface area contributed by atoms with Crippen LogP contribution in [0.1, 0.15) is 243 Å². The van der Waals surface area contributed by atoms with Gasteiger partial charge in [-0.05, 0) is 141 Å². The summed E-state index contributed by atoms with van der Waals surface area (Å²) in [7, 11) is -2.28. The van der Waals surface area contributed by atoms with Crippen LogP contribution >= 0.6 is 8.60 Å². The highest BCUT2D eigenvalue weighted by Gasteiger charge is 2.44. The van der Waals surface area contributed by atoms with Crippen molar-refractivity contribution >= 4 is 26.5 Å². The van der Waals surface area contributed by atoms with Gasteiger partial charge >= 0.3 is 26.5 Å². The van der Waals surface area contributed by atoms with E-state index in [2.05, 4.69) is 161 Å². The number of carbonyl (C=O) groups excluding carboxylic acids is 3. The molecule has 0 saturated carbocycles. The number of esters is 3. The Morgan fingerprint density at radius 1 is 0.317 bits per heavy atom. The number of ether oxygens (including phenoxy) is 3. The second-order valence-electron chi connectivity index (χ2n) is 29.8. The quantitative estimate of drug-likeness (QED) is 0.0795. The lowest BCUT2D eigenvalue weighted by atomic mass is 9.77. The molecule has 3 atom stereocenters. The Balaban J connectivity index is 1.13. The molecular weight excluding hydrogens is 1040 g/mol. The molecule has 10 heteroatoms. The zero-order chi connectivity index (χ0) is 60.6. The Morgan fingerprint density at radius 3 is 0.707 bits per heavy atom. The number of aryl methyl sites for hydroxylation is 6. The molecule has 0 bridgehead atoms. The van der Waals surface area contributed by atoms with E-state index in [4.69, 9.17) is 27.8 Å². The van der Waals surface area contributed by atoms with Crippen LogP contribution < -0.4 is 27.8 Å². The van der Waals surface area contributed by atoms with E-state index in [-0.39, 0.29) is 50.4 Å². The molecule has 3 unspecified atom stereocenters. The molecule has 6 aromatic carbocycles. The minimum atomic E-state index is -2.28. The molecule has 0 spiro atoms. The summed E-state index contributed by atoms with van der Waals surface area (Å²) in [6.45, 7) is 50.9. The van der Waals surface area contributed by atoms with Crippen molar-refractivity contribution in [3.05, 3.63) is 173 Å². The van der Waals surface area contributed by atoms with Crippen molar-refractivity contribution in [2.45, 2.75) is 216 Å². The SMILES string of the molecule is Cc1cc(C2C(=O)Oc3c2cc(C(C)(C)C)cc3C(C)(C)C)cc(C)c1OP(Oc1c(C)cc(C2C(=O)Oc3c2cc(C(C)(C)C)cc3C(C)(C)C)cc1C)Oc1c(C)cc(C2C(=O)Oc3c2cc(C(C)(C)C)cc3C(C)(C)C)cc1C. The van der Waals surface area contributed by atoms with Gasteiger partial charge in [-0.2, -0.15) is 0 Å². The van der Waals surface area contributed by atoms with E-state index in [0.717, 1.165) is 100 Å². The molecule has 9 rings (SSSR count). The molecule has 0 amide bonds. The van der Waals surface area contributed by atoms with Gasteiger partial charge in [-0.1, -0.05) is 197 Å². The van der Waals surface area contributed by atoms with Gasteiger partial charge in [0, 0.05) is 33.4 Å². The molecule has 0 aromatic heterocycles. The van der Waals surface area contributed by atoms with E-state index >= 15 is 0 Å². The fourth-order valence-electron chi connectivity index (χ4n) is 11.9. The van der Waals surface area contributed by atoms with Gasteiger partial charge in [-0.3, -0.25) is 14.4 Å². The highest BCUT2D eigenvalue weighted by molar-refractivity contribution is 7.43. The zero-order valence-electron chi connectivity index (χ0n) is 53.3. The van der Waals surface area contributed by atoms with E-state index < -0.39 is 26.4 Å². The normalized spacial score (nSPS) is 17.7. The summed E-state index contributed by atoms with van der Waals surface area (Å²) in [6, 6.07) is 25.1. The Hall–Kier alpha value is -6.44. The summed E-state index contributed by atoms with van der Waals surface area (Å²) in [5.74, 6) is 0.747. The molecular formula is C72H87O9P. The fraction of sp³-hybridized carbons (Fsp3) is 0.458. The first kappa shape index (κ1) is 60.2. The maximum absolute atomic E-state index is 14.1. The van der Waals surface area contributed by atoms with Crippen LogP contribution in [-0.4, -0.2) is 17.9 Å². The van der Waals surface area contributed by atoms with E-state index in [1.807, 2.05) is 77.9 Å². The van der Waals surface area contributed by atoms with Crippen LogP contribution in [0.5, 0.6) is 34.5 Å². The van der Waals surface area contributed by atoms with Crippen LogP contribution in [0, 0.1) is 41.5 Å². The lowest BCUT2D eigenvalue weighted by molar-refractivity contribution is -0.134. The van der Waals surface area contributed by atoms with Crippen LogP contribution in [0.2, 0.25) is 0 Å². The van der Waals surface area contributed by atoms with E-state index in [9.17, 15) is 14.4 Å². The van der Waals surface area contributed by atoms with E-state index in [1.54, 1.807) is 0 Å². The number of hydrogen-bond acceptors (Lipinski definition) is 9. The van der Waals surface area contributed by atoms with Crippen molar-refractivity contribution < 1.29 is 42.2 Å². The average molecular weight is 1130 g/mol. The molecule has 6 aromatic rings. The summed E-state index contributed by atoms with van der Waals surface area (Å²) in [5.41, 5.74) is 14.9. The third kappa shape index (κ3) is 11.2. The van der Waals surface area contributed by atoms with E-state index in [0.29, 0.717) is 34.5 Å². The summed E-state index contributed by atoms with van der Waals surface area (Å²) >= 11 is 0. The molecule has 3 aliphatic rings. The number of carbonyl (C=O) groups is 3. The summed E-state index contributed by atoms with van der Waals surface area (Å²) in [6.07, 6.45) is 0. The van der Waals surface area contributed by atoms with Gasteiger partial charge < -0.3 is 27.8 Å². The molecule has 3 aliphatic heterocycles. The van der Waals surface area contributed by atoms with Crippen LogP contribution in [-0.2, 0) is 46.9 Å². The maximum atomic E-state index is 14.1. The first-order valence-electron chi connectivity index (χ1n) is 29.0. The molecule has 0 radical (unpaired) electrons. The topological polar surface area (TPSA) is 107 Å². The minimum Gasteiger partial charge on any atom is -0.425 e. The molecule has 434 valence electrons. The smallest absolute Gasteiger partial charge is 0.425 e. The van der Waals surface area contributed by atoms with Gasteiger partial charge in [0.1, 0.15) is 52.3 Å². The van der Waals surface area contributed by atoms with Gasteiger partial charge in [-0.25, -0.2) is 0 Å². The fourth-order valence-corrected chi connectivity index (χ4v) is 13.3. The second kappa shape index (κ2) is 20.4. The third-order valence-electron chi connectivity index (χ3n) is 16.6. The molecule has 9 nitrogen and oxygen atoms in total. The predicted molar refractivity (Wildman–Crippen MR) is 331 cm³/mol. The van der Waals surface area contributed by atoms with Crippen LogP contribution in [0.25, 0.3) is 0 Å². The van der Waals surface area contributed by atoms with Gasteiger partial charge in [-0.15, -0.1) is 0 Å². The lowest BCUT2D eigenvalue weighted by Gasteiger charge is -2.27. The third-order valence-corrected chi connectivity index (χ3v) is 17.6. The van der Waals surface area contributed by atoms with Gasteiger partial charge in [0.15, 0.2) is 0 Å². The number of benzene rings is 6. The summed E-state index contributed by atoms with van der Waals surface area (Å²) in [5, 5.41) is 0. The average Bonchev–Trinajstić information content (AvgIpc) is 3.98. The van der Waals surface area contributed by atoms with Crippen LogP contribution in [0.15, 0.2) is 72.8 Å². The van der Waals surface area contributed by atoms with Crippen LogP contribution in [0.4, 0.5) is 0 Å². The Morgan fingerprint density at radius 2 is 0.524 bits per heavy atom. The lowest BCUT2D eigenvalue weighted by Crippen LogP contribution is -2.17. The number of rotatable bonds is 9. The second-order valence-corrected chi connectivity index (χ2v) is 30.8. The maximum Gasteiger partial charge on any atom is 0.530 e. The highest BCUT2D eigenvalue weighted by atomic mass is 31.2. The molecule has 82 heavy (non-hydrogen) atoms. The standard InChI is InChI=1S/C72H87O9P/c1-37-25-43(55-49-31-46(67(7,8)9)34-52(70(16,17)18)61(49)76-64(55)73)26-38(2)58(37)79-82(80-59-39(3)27-44(28-40(59)4)56-50-32-47(68(10,11)12)35-53(71(19,20)21)62(50)77-65(56)74)81-60-41(5)29-45(30-42(60)6)57-51-33-48(69(13,14)15)36-54(72(22,23)24)63(51)78-66(57)75/h25-36,55-57H,1-24H3. The molecule has 0 aliphatic carbocycles. The zero-order valence-corrected chi connectivity index (χ0v) is 54.2. The van der Waals surface area contributed by atoms with Crippen molar-refractivity contribution in [1.29, 1.82) is 0 Å². The highest BCUT2D eigenvalue weighted by Crippen LogP contribution is 2.54. The molecule has 3 heterocycles. The van der Waals surface area contributed by atoms with Crippen molar-refractivity contribution in [1.82, 2.24) is 0 Å². The largest absolute Gasteiger partial charge is 0.530 e. The van der Waals surface area contributed by atoms with Crippen molar-refractivity contribution in [2.24, 2.45) is 0 Å². The number of hydrogen-bond donors (Lipinski definition) is 0. The molecule has 0 saturated heterocycles. The Bertz CT molecular complexity index is 3180. The molecule has 0 N–H and O–H groups in total. The Labute approximate surface area is 490 Å². The van der Waals surface area contributed by atoms with Crippen molar-refractivity contribution in [3.63, 3.8) is 0 Å². The van der Waals surface area contributed by atoms with E-state index in [1.165, 1.54) is 0 Å². The first-order valence-corrected chi connectivity index (χ1v) is 30.1. The molecule has 0 fully saturated rings. The minimum absolute atomic E-state index is 0.167. The van der Waals surface area contributed by atoms with Gasteiger partial charge in [0.25, 0.3) is 0 Å². The van der Waals surface area contributed by atoms with Crippen molar-refractivity contribution in [3.8, 4) is 34.5 Å². The number of fused-ring (bicyclic) bond motifs is 3. The first-order chi connectivity index (χ1) is 37.6. The predicted octanol–water partition coefficient (Wildman–Crippen LogP) is 18.2.